The second-order valence-electron chi connectivity index (χ2n) is 8.05. The summed E-state index contributed by atoms with van der Waals surface area (Å²) in [5.74, 6) is 2.00. The summed E-state index contributed by atoms with van der Waals surface area (Å²) >= 11 is 0. The standard InChI is InChI=1S/C27H19N3O5/c31-25(17-4-2-1-3-5-17)18-7-8-19-20(13-18)30-26(29-19)22-10-11-23(35-22)27(32)28-14-16-6-9-21-24(12-16)34-15-33-21/h1-13H,14-15H2,(H,28,32)(H,29,30). The minimum Gasteiger partial charge on any atom is -0.454 e. The van der Waals surface area contributed by atoms with Crippen molar-refractivity contribution in [1.29, 1.82) is 0 Å². The summed E-state index contributed by atoms with van der Waals surface area (Å²) in [4.78, 5) is 33.1. The molecule has 3 heterocycles. The molecule has 35 heavy (non-hydrogen) atoms. The maximum absolute atomic E-state index is 12.8. The Hall–Kier alpha value is -4.85. The highest BCUT2D eigenvalue weighted by molar-refractivity contribution is 6.10. The number of hydrogen-bond donors (Lipinski definition) is 2. The van der Waals surface area contributed by atoms with E-state index in [9.17, 15) is 9.59 Å². The average Bonchev–Trinajstić information content (AvgIpc) is 3.65. The van der Waals surface area contributed by atoms with Crippen LogP contribution < -0.4 is 14.8 Å². The smallest absolute Gasteiger partial charge is 0.287 e. The number of amides is 1. The third-order valence-electron chi connectivity index (χ3n) is 5.73. The fourth-order valence-corrected chi connectivity index (χ4v) is 3.93. The number of aromatic amines is 1. The van der Waals surface area contributed by atoms with Gasteiger partial charge in [0, 0.05) is 17.7 Å². The molecule has 5 aromatic rings. The Morgan fingerprint density at radius 1 is 0.886 bits per heavy atom. The number of ether oxygens (including phenoxy) is 2. The molecule has 0 atom stereocenters. The van der Waals surface area contributed by atoms with E-state index in [0.29, 0.717) is 51.8 Å². The molecule has 0 bridgehead atoms. The van der Waals surface area contributed by atoms with Gasteiger partial charge in [0.25, 0.3) is 5.91 Å². The predicted molar refractivity (Wildman–Crippen MR) is 127 cm³/mol. The Balaban J connectivity index is 1.17. The van der Waals surface area contributed by atoms with Crippen molar-refractivity contribution < 1.29 is 23.5 Å². The van der Waals surface area contributed by atoms with Crippen LogP contribution >= 0.6 is 0 Å². The molecule has 2 N–H and O–H groups in total. The Labute approximate surface area is 199 Å². The number of nitrogens with zero attached hydrogens (tertiary/aromatic N) is 1. The third-order valence-corrected chi connectivity index (χ3v) is 5.73. The zero-order valence-corrected chi connectivity index (χ0v) is 18.4. The highest BCUT2D eigenvalue weighted by Gasteiger charge is 2.17. The molecule has 0 radical (unpaired) electrons. The molecule has 2 aromatic heterocycles. The first-order valence-corrected chi connectivity index (χ1v) is 11.0. The number of nitrogens with one attached hydrogen (secondary N) is 2. The van der Waals surface area contributed by atoms with Crippen molar-refractivity contribution >= 4 is 22.7 Å². The number of carbonyl (C=O) groups excluding carboxylic acids is 2. The fourth-order valence-electron chi connectivity index (χ4n) is 3.93. The molecule has 0 fully saturated rings. The molecular weight excluding hydrogens is 446 g/mol. The van der Waals surface area contributed by atoms with Crippen LogP contribution in [0.15, 0.2) is 83.3 Å². The largest absolute Gasteiger partial charge is 0.454 e. The monoisotopic (exact) mass is 465 g/mol. The Kier molecular flexibility index (Phi) is 5.03. The van der Waals surface area contributed by atoms with Crippen molar-refractivity contribution in [2.75, 3.05) is 6.79 Å². The first-order chi connectivity index (χ1) is 17.1. The first-order valence-electron chi connectivity index (χ1n) is 11.0. The Bertz CT molecular complexity index is 1570. The van der Waals surface area contributed by atoms with E-state index in [-0.39, 0.29) is 24.2 Å². The zero-order valence-electron chi connectivity index (χ0n) is 18.4. The van der Waals surface area contributed by atoms with Gasteiger partial charge in [-0.15, -0.1) is 0 Å². The van der Waals surface area contributed by atoms with Crippen molar-refractivity contribution in [2.24, 2.45) is 0 Å². The molecule has 0 saturated carbocycles. The summed E-state index contributed by atoms with van der Waals surface area (Å²) in [6.45, 7) is 0.515. The normalized spacial score (nSPS) is 12.1. The van der Waals surface area contributed by atoms with Crippen LogP contribution in [0.3, 0.4) is 0 Å². The number of hydrogen-bond acceptors (Lipinski definition) is 6. The van der Waals surface area contributed by atoms with Gasteiger partial charge in [-0.1, -0.05) is 36.4 Å². The van der Waals surface area contributed by atoms with Gasteiger partial charge in [-0.25, -0.2) is 4.98 Å². The predicted octanol–water partition coefficient (Wildman–Crippen LogP) is 4.71. The van der Waals surface area contributed by atoms with Gasteiger partial charge in [0.05, 0.1) is 11.0 Å². The zero-order chi connectivity index (χ0) is 23.8. The molecule has 0 aliphatic carbocycles. The second kappa shape index (κ2) is 8.49. The number of imidazole rings is 1. The molecule has 0 unspecified atom stereocenters. The van der Waals surface area contributed by atoms with Crippen LogP contribution in [0.4, 0.5) is 0 Å². The summed E-state index contributed by atoms with van der Waals surface area (Å²) in [7, 11) is 0. The van der Waals surface area contributed by atoms with Gasteiger partial charge < -0.3 is 24.2 Å². The molecule has 1 aliphatic heterocycles. The maximum Gasteiger partial charge on any atom is 0.287 e. The van der Waals surface area contributed by atoms with Gasteiger partial charge in [-0.05, 0) is 48.0 Å². The SMILES string of the molecule is O=C(c1ccccc1)c1ccc2nc(-c3ccc(C(=O)NCc4ccc5c(c4)OCO5)o3)[nH]c2c1. The Morgan fingerprint density at radius 2 is 1.74 bits per heavy atom. The van der Waals surface area contributed by atoms with E-state index in [1.165, 1.54) is 0 Å². The minimum absolute atomic E-state index is 0.0666. The van der Waals surface area contributed by atoms with Crippen LogP contribution in [0, 0.1) is 0 Å². The van der Waals surface area contributed by atoms with E-state index in [1.807, 2.05) is 36.4 Å². The van der Waals surface area contributed by atoms with Crippen LogP contribution in [0.5, 0.6) is 11.5 Å². The van der Waals surface area contributed by atoms with Gasteiger partial charge in [0.1, 0.15) is 0 Å². The number of aromatic nitrogens is 2. The molecule has 8 nitrogen and oxygen atoms in total. The van der Waals surface area contributed by atoms with E-state index < -0.39 is 0 Å². The maximum atomic E-state index is 12.8. The number of benzene rings is 3. The topological polar surface area (TPSA) is 106 Å². The lowest BCUT2D eigenvalue weighted by Gasteiger charge is -2.04. The summed E-state index contributed by atoms with van der Waals surface area (Å²) in [6.07, 6.45) is 0. The van der Waals surface area contributed by atoms with Crippen LogP contribution in [0.2, 0.25) is 0 Å². The van der Waals surface area contributed by atoms with Crippen molar-refractivity contribution in [2.45, 2.75) is 6.54 Å². The van der Waals surface area contributed by atoms with E-state index in [2.05, 4.69) is 15.3 Å². The fraction of sp³-hybridized carbons (Fsp3) is 0.0741. The van der Waals surface area contributed by atoms with Crippen molar-refractivity contribution in [1.82, 2.24) is 15.3 Å². The summed E-state index contributed by atoms with van der Waals surface area (Å²) in [6, 6.07) is 23.2. The minimum atomic E-state index is -0.347. The lowest BCUT2D eigenvalue weighted by Crippen LogP contribution is -2.22. The molecule has 8 heteroatoms. The van der Waals surface area contributed by atoms with Crippen LogP contribution in [-0.4, -0.2) is 28.5 Å². The highest BCUT2D eigenvalue weighted by atomic mass is 16.7. The molecule has 3 aromatic carbocycles. The molecule has 1 amide bonds. The van der Waals surface area contributed by atoms with E-state index in [4.69, 9.17) is 13.9 Å². The van der Waals surface area contributed by atoms with Crippen LogP contribution in [-0.2, 0) is 6.54 Å². The van der Waals surface area contributed by atoms with E-state index in [1.54, 1.807) is 42.5 Å². The highest BCUT2D eigenvalue weighted by Crippen LogP contribution is 2.32. The second-order valence-corrected chi connectivity index (χ2v) is 8.05. The summed E-state index contributed by atoms with van der Waals surface area (Å²) in [5.41, 5.74) is 3.45. The average molecular weight is 465 g/mol. The van der Waals surface area contributed by atoms with Crippen LogP contribution in [0.25, 0.3) is 22.6 Å². The number of fused-ring (bicyclic) bond motifs is 2. The molecule has 0 spiro atoms. The number of rotatable bonds is 6. The van der Waals surface area contributed by atoms with E-state index >= 15 is 0 Å². The van der Waals surface area contributed by atoms with E-state index in [0.717, 1.165) is 5.56 Å². The summed E-state index contributed by atoms with van der Waals surface area (Å²) in [5, 5.41) is 2.84. The van der Waals surface area contributed by atoms with Crippen molar-refractivity contribution in [3.8, 4) is 23.1 Å². The molecule has 0 saturated heterocycles. The molecular formula is C27H19N3O5. The number of ketones is 1. The molecule has 172 valence electrons. The van der Waals surface area contributed by atoms with Gasteiger partial charge in [0.2, 0.25) is 6.79 Å². The third kappa shape index (κ3) is 4.02. The Morgan fingerprint density at radius 3 is 2.63 bits per heavy atom. The number of furan rings is 1. The van der Waals surface area contributed by atoms with Gasteiger partial charge in [0.15, 0.2) is 34.6 Å². The quantitative estimate of drug-likeness (QED) is 0.352. The molecule has 1 aliphatic rings. The summed E-state index contributed by atoms with van der Waals surface area (Å²) < 4.78 is 16.4. The molecule has 6 rings (SSSR count). The van der Waals surface area contributed by atoms with Gasteiger partial charge in [-0.3, -0.25) is 9.59 Å². The van der Waals surface area contributed by atoms with Gasteiger partial charge in [-0.2, -0.15) is 0 Å². The lowest BCUT2D eigenvalue weighted by molar-refractivity contribution is 0.0923. The lowest BCUT2D eigenvalue weighted by atomic mass is 10.0. The first kappa shape index (κ1) is 20.7. The number of carbonyl (C=O) groups is 2. The number of H-pyrrole nitrogens is 1. The van der Waals surface area contributed by atoms with Crippen molar-refractivity contribution in [3.05, 3.63) is 101 Å². The van der Waals surface area contributed by atoms with Crippen LogP contribution in [0.1, 0.15) is 32.0 Å². The van der Waals surface area contributed by atoms with Crippen molar-refractivity contribution in [3.63, 3.8) is 0 Å². The van der Waals surface area contributed by atoms with Gasteiger partial charge >= 0.3 is 0 Å².